The van der Waals surface area contributed by atoms with Gasteiger partial charge in [0.1, 0.15) is 4.90 Å². The van der Waals surface area contributed by atoms with Gasteiger partial charge in [0.05, 0.1) is 40.2 Å². The first-order valence-electron chi connectivity index (χ1n) is 10.6. The summed E-state index contributed by atoms with van der Waals surface area (Å²) in [6.45, 7) is 0. The molecule has 1 aliphatic carbocycles. The van der Waals surface area contributed by atoms with Crippen LogP contribution in [0.25, 0.3) is 0 Å². The SMILES string of the molecule is COc1cc2c(cc1OC)C1CCCCC1N=C2c1cc(OC)c(OC)c(S(C)(=O)=O)c1. The summed E-state index contributed by atoms with van der Waals surface area (Å²) in [5.41, 5.74) is 3.49. The Morgan fingerprint density at radius 3 is 2.12 bits per heavy atom. The van der Waals surface area contributed by atoms with Gasteiger partial charge in [-0.3, -0.25) is 4.99 Å². The fourth-order valence-corrected chi connectivity index (χ4v) is 5.70. The smallest absolute Gasteiger partial charge is 0.179 e. The van der Waals surface area contributed by atoms with E-state index in [2.05, 4.69) is 0 Å². The topological polar surface area (TPSA) is 83.4 Å². The van der Waals surface area contributed by atoms with Crippen LogP contribution in [0.3, 0.4) is 0 Å². The van der Waals surface area contributed by atoms with E-state index in [1.165, 1.54) is 14.2 Å². The number of hydrogen-bond acceptors (Lipinski definition) is 7. The Labute approximate surface area is 189 Å². The molecule has 0 N–H and O–H groups in total. The van der Waals surface area contributed by atoms with Crippen molar-refractivity contribution in [1.82, 2.24) is 0 Å². The van der Waals surface area contributed by atoms with E-state index in [1.54, 1.807) is 26.4 Å². The van der Waals surface area contributed by atoms with Gasteiger partial charge < -0.3 is 18.9 Å². The molecule has 0 amide bonds. The van der Waals surface area contributed by atoms with Gasteiger partial charge in [0.15, 0.2) is 32.8 Å². The average molecular weight is 460 g/mol. The van der Waals surface area contributed by atoms with E-state index in [4.69, 9.17) is 23.9 Å². The zero-order valence-corrected chi connectivity index (χ0v) is 19.9. The summed E-state index contributed by atoms with van der Waals surface area (Å²) in [7, 11) is 2.60. The van der Waals surface area contributed by atoms with Crippen molar-refractivity contribution in [2.24, 2.45) is 4.99 Å². The largest absolute Gasteiger partial charge is 0.493 e. The summed E-state index contributed by atoms with van der Waals surface area (Å²) in [5.74, 6) is 2.13. The number of fused-ring (bicyclic) bond motifs is 3. The lowest BCUT2D eigenvalue weighted by molar-refractivity contribution is 0.346. The quantitative estimate of drug-likeness (QED) is 0.649. The van der Waals surface area contributed by atoms with Crippen LogP contribution in [0.1, 0.15) is 48.3 Å². The lowest BCUT2D eigenvalue weighted by atomic mass is 9.75. The van der Waals surface area contributed by atoms with Crippen molar-refractivity contribution < 1.29 is 27.4 Å². The number of nitrogens with zero attached hydrogens (tertiary/aromatic N) is 1. The summed E-state index contributed by atoms with van der Waals surface area (Å²) in [4.78, 5) is 5.20. The van der Waals surface area contributed by atoms with Gasteiger partial charge in [-0.15, -0.1) is 0 Å². The molecule has 0 spiro atoms. The van der Waals surface area contributed by atoms with Gasteiger partial charge in [0.2, 0.25) is 0 Å². The monoisotopic (exact) mass is 459 g/mol. The van der Waals surface area contributed by atoms with Crippen molar-refractivity contribution in [3.8, 4) is 23.0 Å². The number of sulfone groups is 1. The Morgan fingerprint density at radius 1 is 0.844 bits per heavy atom. The molecule has 4 rings (SSSR count). The van der Waals surface area contributed by atoms with Crippen molar-refractivity contribution >= 4 is 15.5 Å². The fourth-order valence-electron chi connectivity index (χ4n) is 4.84. The minimum absolute atomic E-state index is 0.0739. The summed E-state index contributed by atoms with van der Waals surface area (Å²) in [6, 6.07) is 7.53. The fraction of sp³-hybridized carbons (Fsp3) is 0.458. The highest BCUT2D eigenvalue weighted by atomic mass is 32.2. The molecule has 0 aromatic heterocycles. The van der Waals surface area contributed by atoms with Crippen LogP contribution in [0.15, 0.2) is 34.2 Å². The van der Waals surface area contributed by atoms with Crippen LogP contribution < -0.4 is 18.9 Å². The number of aliphatic imine (C=N–C) groups is 1. The second kappa shape index (κ2) is 8.65. The molecule has 2 aromatic carbocycles. The average Bonchev–Trinajstić information content (AvgIpc) is 2.80. The number of rotatable bonds is 6. The first kappa shape index (κ1) is 22.5. The van der Waals surface area contributed by atoms with Crippen molar-refractivity contribution in [1.29, 1.82) is 0 Å². The predicted molar refractivity (Wildman–Crippen MR) is 123 cm³/mol. The summed E-state index contributed by atoms with van der Waals surface area (Å²) < 4.78 is 47.1. The number of benzene rings is 2. The van der Waals surface area contributed by atoms with Gasteiger partial charge >= 0.3 is 0 Å². The van der Waals surface area contributed by atoms with Crippen LogP contribution in [0, 0.1) is 0 Å². The summed E-state index contributed by atoms with van der Waals surface area (Å²) >= 11 is 0. The van der Waals surface area contributed by atoms with E-state index < -0.39 is 9.84 Å². The molecule has 1 heterocycles. The van der Waals surface area contributed by atoms with Gasteiger partial charge in [-0.25, -0.2) is 8.42 Å². The second-order valence-corrected chi connectivity index (χ2v) is 10.2. The highest BCUT2D eigenvalue weighted by Gasteiger charge is 2.35. The molecule has 2 aromatic rings. The van der Waals surface area contributed by atoms with Gasteiger partial charge in [-0.2, -0.15) is 0 Å². The molecule has 1 aliphatic heterocycles. The molecule has 0 radical (unpaired) electrons. The molecule has 2 aliphatic rings. The van der Waals surface area contributed by atoms with E-state index in [-0.39, 0.29) is 16.7 Å². The molecular weight excluding hydrogens is 430 g/mol. The van der Waals surface area contributed by atoms with Gasteiger partial charge in [-0.1, -0.05) is 12.8 Å². The zero-order valence-electron chi connectivity index (χ0n) is 19.1. The van der Waals surface area contributed by atoms with Crippen LogP contribution >= 0.6 is 0 Å². The number of hydrogen-bond donors (Lipinski definition) is 0. The van der Waals surface area contributed by atoms with E-state index in [0.717, 1.165) is 48.8 Å². The molecule has 7 nitrogen and oxygen atoms in total. The zero-order chi connectivity index (χ0) is 23.0. The molecular formula is C24H29NO6S. The first-order valence-corrected chi connectivity index (χ1v) is 12.5. The van der Waals surface area contributed by atoms with Crippen LogP contribution in [-0.4, -0.2) is 54.9 Å². The van der Waals surface area contributed by atoms with Gasteiger partial charge in [0, 0.05) is 23.3 Å². The highest BCUT2D eigenvalue weighted by Crippen LogP contribution is 2.46. The standard InChI is InChI=1S/C24H29NO6S/c1-28-19-12-16-15-8-6-7-9-18(15)25-23(17(16)13-20(19)29-2)14-10-21(30-3)24(31-4)22(11-14)32(5,26)27/h10-13,15,18H,6-9H2,1-5H3. The van der Waals surface area contributed by atoms with Crippen molar-refractivity contribution in [2.75, 3.05) is 34.7 Å². The van der Waals surface area contributed by atoms with Crippen molar-refractivity contribution in [3.63, 3.8) is 0 Å². The maximum atomic E-state index is 12.6. The van der Waals surface area contributed by atoms with E-state index in [1.807, 2.05) is 12.1 Å². The minimum atomic E-state index is -3.57. The number of ether oxygens (including phenoxy) is 4. The van der Waals surface area contributed by atoms with Crippen molar-refractivity contribution in [2.45, 2.75) is 42.5 Å². The van der Waals surface area contributed by atoms with Crippen LogP contribution in [0.4, 0.5) is 0 Å². The maximum absolute atomic E-state index is 12.6. The van der Waals surface area contributed by atoms with Crippen LogP contribution in [-0.2, 0) is 9.84 Å². The molecule has 32 heavy (non-hydrogen) atoms. The third-order valence-electron chi connectivity index (χ3n) is 6.35. The normalized spacial score (nSPS) is 20.0. The molecule has 0 saturated heterocycles. The molecule has 8 heteroatoms. The van der Waals surface area contributed by atoms with E-state index in [0.29, 0.717) is 28.7 Å². The lowest BCUT2D eigenvalue weighted by Crippen LogP contribution is -2.29. The number of methoxy groups -OCH3 is 4. The Bertz CT molecular complexity index is 1170. The Morgan fingerprint density at radius 2 is 1.50 bits per heavy atom. The third kappa shape index (κ3) is 3.81. The third-order valence-corrected chi connectivity index (χ3v) is 7.45. The Kier molecular flexibility index (Phi) is 6.07. The van der Waals surface area contributed by atoms with Crippen LogP contribution in [0.5, 0.6) is 23.0 Å². The predicted octanol–water partition coefficient (Wildman–Crippen LogP) is 4.00. The summed E-state index contributed by atoms with van der Waals surface area (Å²) in [5, 5.41) is 0. The van der Waals surface area contributed by atoms with Crippen LogP contribution in [0.2, 0.25) is 0 Å². The molecule has 2 unspecified atom stereocenters. The molecule has 1 fully saturated rings. The lowest BCUT2D eigenvalue weighted by Gasteiger charge is -2.36. The van der Waals surface area contributed by atoms with E-state index >= 15 is 0 Å². The molecule has 172 valence electrons. The van der Waals surface area contributed by atoms with Gasteiger partial charge in [-0.05, 0) is 42.7 Å². The minimum Gasteiger partial charge on any atom is -0.493 e. The van der Waals surface area contributed by atoms with E-state index in [9.17, 15) is 8.42 Å². The highest BCUT2D eigenvalue weighted by molar-refractivity contribution is 7.90. The van der Waals surface area contributed by atoms with Crippen molar-refractivity contribution in [3.05, 3.63) is 41.0 Å². The molecule has 0 bridgehead atoms. The Balaban J connectivity index is 1.99. The molecule has 1 saturated carbocycles. The van der Waals surface area contributed by atoms with Gasteiger partial charge in [0.25, 0.3) is 0 Å². The second-order valence-electron chi connectivity index (χ2n) is 8.21. The maximum Gasteiger partial charge on any atom is 0.179 e. The summed E-state index contributed by atoms with van der Waals surface area (Å²) in [6.07, 6.45) is 5.50. The first-order chi connectivity index (χ1) is 15.3. The Hall–Kier alpha value is -2.74. The molecule has 2 atom stereocenters.